The maximum absolute atomic E-state index is 13.7. The van der Waals surface area contributed by atoms with E-state index in [-0.39, 0.29) is 17.8 Å². The monoisotopic (exact) mass is 417 g/mol. The standard InChI is InChI=1S/C20H17ClFN3O4/c21-13-6-4-12(5-7-13)18-9-17(19(28)23-10-16(27)11-26)20(29)25(24-18)15-3-1-2-14(22)8-15/h1-9,16,26-27H,10-11H2,(H,23,28)/t16-/m1/s1. The third-order valence-corrected chi connectivity index (χ3v) is 4.31. The maximum atomic E-state index is 13.7. The Kier molecular flexibility index (Phi) is 6.38. The molecule has 0 spiro atoms. The molecule has 9 heteroatoms. The molecular weight excluding hydrogens is 401 g/mol. The fourth-order valence-electron chi connectivity index (χ4n) is 2.57. The van der Waals surface area contributed by atoms with Crippen LogP contribution in [-0.4, -0.2) is 45.2 Å². The van der Waals surface area contributed by atoms with E-state index in [9.17, 15) is 19.1 Å². The van der Waals surface area contributed by atoms with Gasteiger partial charge in [-0.2, -0.15) is 9.78 Å². The number of benzene rings is 2. The summed E-state index contributed by atoms with van der Waals surface area (Å²) in [4.78, 5) is 25.4. The van der Waals surface area contributed by atoms with Gasteiger partial charge in [0.1, 0.15) is 11.4 Å². The maximum Gasteiger partial charge on any atom is 0.284 e. The molecule has 0 aliphatic heterocycles. The minimum atomic E-state index is -1.16. The van der Waals surface area contributed by atoms with Crippen molar-refractivity contribution in [2.75, 3.05) is 13.2 Å². The predicted molar refractivity (Wildman–Crippen MR) is 106 cm³/mol. The van der Waals surface area contributed by atoms with E-state index in [1.807, 2.05) is 0 Å². The van der Waals surface area contributed by atoms with Crippen LogP contribution in [0.2, 0.25) is 5.02 Å². The van der Waals surface area contributed by atoms with Crippen molar-refractivity contribution in [2.24, 2.45) is 0 Å². The number of carbonyl (C=O) groups is 1. The Balaban J connectivity index is 2.12. The fraction of sp³-hybridized carbons (Fsp3) is 0.150. The summed E-state index contributed by atoms with van der Waals surface area (Å²) in [5, 5.41) is 25.5. The average molecular weight is 418 g/mol. The molecule has 1 amide bonds. The molecule has 3 rings (SSSR count). The SMILES string of the molecule is O=C(NC[C@@H](O)CO)c1cc(-c2ccc(Cl)cc2)nn(-c2cccc(F)c2)c1=O. The molecule has 0 unspecified atom stereocenters. The Morgan fingerprint density at radius 3 is 2.59 bits per heavy atom. The highest BCUT2D eigenvalue weighted by Crippen LogP contribution is 2.20. The third kappa shape index (κ3) is 4.86. The predicted octanol–water partition coefficient (Wildman–Crippen LogP) is 1.77. The minimum absolute atomic E-state index is 0.148. The normalized spacial score (nSPS) is 11.9. The lowest BCUT2D eigenvalue weighted by molar-refractivity contribution is 0.0800. The van der Waals surface area contributed by atoms with Crippen molar-refractivity contribution < 1.29 is 19.4 Å². The van der Waals surface area contributed by atoms with Gasteiger partial charge in [-0.15, -0.1) is 0 Å². The smallest absolute Gasteiger partial charge is 0.284 e. The molecule has 1 heterocycles. The van der Waals surface area contributed by atoms with Crippen LogP contribution in [0.5, 0.6) is 0 Å². The molecule has 0 bridgehead atoms. The van der Waals surface area contributed by atoms with E-state index in [1.165, 1.54) is 24.3 Å². The van der Waals surface area contributed by atoms with E-state index in [4.69, 9.17) is 16.7 Å². The Morgan fingerprint density at radius 1 is 1.21 bits per heavy atom. The molecular formula is C20H17ClFN3O4. The summed E-state index contributed by atoms with van der Waals surface area (Å²) >= 11 is 5.91. The van der Waals surface area contributed by atoms with E-state index >= 15 is 0 Å². The van der Waals surface area contributed by atoms with Gasteiger partial charge >= 0.3 is 0 Å². The van der Waals surface area contributed by atoms with Crippen molar-refractivity contribution >= 4 is 17.5 Å². The van der Waals surface area contributed by atoms with Gasteiger partial charge in [0.2, 0.25) is 0 Å². The lowest BCUT2D eigenvalue weighted by atomic mass is 10.1. The number of aliphatic hydroxyl groups excluding tert-OH is 2. The zero-order valence-electron chi connectivity index (χ0n) is 15.0. The second kappa shape index (κ2) is 8.95. The molecule has 0 saturated heterocycles. The van der Waals surface area contributed by atoms with E-state index in [0.717, 1.165) is 10.7 Å². The average Bonchev–Trinajstić information content (AvgIpc) is 2.72. The second-order valence-corrected chi connectivity index (χ2v) is 6.63. The van der Waals surface area contributed by atoms with Gasteiger partial charge in [0.15, 0.2) is 0 Å². The van der Waals surface area contributed by atoms with Gasteiger partial charge in [0, 0.05) is 17.1 Å². The van der Waals surface area contributed by atoms with E-state index < -0.39 is 30.0 Å². The van der Waals surface area contributed by atoms with Gasteiger partial charge in [0.25, 0.3) is 11.5 Å². The topological polar surface area (TPSA) is 104 Å². The molecule has 0 aliphatic rings. The molecule has 1 aromatic heterocycles. The number of rotatable bonds is 6. The van der Waals surface area contributed by atoms with Crippen LogP contribution in [0.3, 0.4) is 0 Å². The third-order valence-electron chi connectivity index (χ3n) is 4.06. The molecule has 0 fully saturated rings. The van der Waals surface area contributed by atoms with Crippen molar-refractivity contribution in [1.82, 2.24) is 15.1 Å². The Hall–Kier alpha value is -3.07. The van der Waals surface area contributed by atoms with Gasteiger partial charge in [-0.05, 0) is 36.4 Å². The molecule has 3 N–H and O–H groups in total. The van der Waals surface area contributed by atoms with Crippen LogP contribution in [-0.2, 0) is 0 Å². The van der Waals surface area contributed by atoms with Crippen molar-refractivity contribution in [3.8, 4) is 16.9 Å². The van der Waals surface area contributed by atoms with Crippen LogP contribution in [0.1, 0.15) is 10.4 Å². The zero-order valence-corrected chi connectivity index (χ0v) is 15.8. The van der Waals surface area contributed by atoms with Crippen LogP contribution in [0.25, 0.3) is 16.9 Å². The summed E-state index contributed by atoms with van der Waals surface area (Å²) in [6.45, 7) is -0.784. The zero-order chi connectivity index (χ0) is 21.0. The number of hydrogen-bond donors (Lipinski definition) is 3. The number of hydrogen-bond acceptors (Lipinski definition) is 5. The van der Waals surface area contributed by atoms with Crippen LogP contribution >= 0.6 is 11.6 Å². The summed E-state index contributed by atoms with van der Waals surface area (Å²) in [6.07, 6.45) is -1.16. The minimum Gasteiger partial charge on any atom is -0.394 e. The van der Waals surface area contributed by atoms with Gasteiger partial charge in [-0.3, -0.25) is 9.59 Å². The molecule has 150 valence electrons. The molecule has 2 aromatic carbocycles. The van der Waals surface area contributed by atoms with Crippen molar-refractivity contribution in [2.45, 2.75) is 6.10 Å². The van der Waals surface area contributed by atoms with Crippen LogP contribution < -0.4 is 10.9 Å². The fourth-order valence-corrected chi connectivity index (χ4v) is 2.70. The largest absolute Gasteiger partial charge is 0.394 e. The highest BCUT2D eigenvalue weighted by molar-refractivity contribution is 6.30. The molecule has 3 aromatic rings. The molecule has 7 nitrogen and oxygen atoms in total. The highest BCUT2D eigenvalue weighted by atomic mass is 35.5. The first-order valence-corrected chi connectivity index (χ1v) is 9.00. The number of aromatic nitrogens is 2. The summed E-state index contributed by atoms with van der Waals surface area (Å²) in [7, 11) is 0. The van der Waals surface area contributed by atoms with Crippen LogP contribution in [0, 0.1) is 5.82 Å². The summed E-state index contributed by atoms with van der Waals surface area (Å²) in [5.41, 5.74) is 0.0151. The van der Waals surface area contributed by atoms with E-state index in [0.29, 0.717) is 16.3 Å². The lowest BCUT2D eigenvalue weighted by Gasteiger charge is -2.12. The molecule has 0 radical (unpaired) electrons. The number of nitrogens with one attached hydrogen (secondary N) is 1. The first-order chi connectivity index (χ1) is 13.9. The van der Waals surface area contributed by atoms with E-state index in [1.54, 1.807) is 24.3 Å². The number of aliphatic hydroxyl groups is 2. The number of halogens is 2. The second-order valence-electron chi connectivity index (χ2n) is 6.19. The lowest BCUT2D eigenvalue weighted by Crippen LogP contribution is -2.38. The van der Waals surface area contributed by atoms with Crippen LogP contribution in [0.4, 0.5) is 4.39 Å². The highest BCUT2D eigenvalue weighted by Gasteiger charge is 2.18. The number of nitrogens with zero attached hydrogens (tertiary/aromatic N) is 2. The molecule has 0 saturated carbocycles. The molecule has 1 atom stereocenters. The Morgan fingerprint density at radius 2 is 1.93 bits per heavy atom. The summed E-state index contributed by atoms with van der Waals surface area (Å²) in [6, 6.07) is 13.2. The van der Waals surface area contributed by atoms with Gasteiger partial charge < -0.3 is 15.5 Å². The Bertz CT molecular complexity index is 1090. The Labute approximate surface area is 170 Å². The first kappa shape index (κ1) is 20.7. The summed E-state index contributed by atoms with van der Waals surface area (Å²) < 4.78 is 14.6. The van der Waals surface area contributed by atoms with Crippen molar-refractivity contribution in [3.05, 3.63) is 81.4 Å². The van der Waals surface area contributed by atoms with Crippen LogP contribution in [0.15, 0.2) is 59.4 Å². The quantitative estimate of drug-likeness (QED) is 0.567. The molecule has 29 heavy (non-hydrogen) atoms. The van der Waals surface area contributed by atoms with Crippen molar-refractivity contribution in [3.63, 3.8) is 0 Å². The number of amides is 1. The van der Waals surface area contributed by atoms with Crippen molar-refractivity contribution in [1.29, 1.82) is 0 Å². The van der Waals surface area contributed by atoms with Gasteiger partial charge in [-0.25, -0.2) is 4.39 Å². The van der Waals surface area contributed by atoms with Gasteiger partial charge in [0.05, 0.1) is 24.1 Å². The number of carbonyl (C=O) groups excluding carboxylic acids is 1. The molecule has 0 aliphatic carbocycles. The van der Waals surface area contributed by atoms with E-state index in [2.05, 4.69) is 10.4 Å². The summed E-state index contributed by atoms with van der Waals surface area (Å²) in [5.74, 6) is -1.32. The van der Waals surface area contributed by atoms with Gasteiger partial charge in [-0.1, -0.05) is 29.8 Å². The first-order valence-electron chi connectivity index (χ1n) is 8.62.